The van der Waals surface area contributed by atoms with Gasteiger partial charge in [-0.3, -0.25) is 4.79 Å². The van der Waals surface area contributed by atoms with E-state index in [-0.39, 0.29) is 0 Å². The average molecular weight is 485 g/mol. The minimum atomic E-state index is -0.531. The molecule has 0 aliphatic heterocycles. The number of benzene rings is 4. The van der Waals surface area contributed by atoms with Crippen molar-refractivity contribution in [3.63, 3.8) is 0 Å². The van der Waals surface area contributed by atoms with Gasteiger partial charge in [0, 0.05) is 11.1 Å². The molecule has 1 N–H and O–H groups in total. The van der Waals surface area contributed by atoms with Gasteiger partial charge in [0.15, 0.2) is 11.5 Å². The summed E-state index contributed by atoms with van der Waals surface area (Å²) in [7, 11) is 4.57. The molecule has 0 bridgehead atoms. The zero-order chi connectivity index (χ0) is 25.5. The largest absolute Gasteiger partial charge is 0.497 e. The van der Waals surface area contributed by atoms with Crippen LogP contribution in [0.2, 0.25) is 0 Å². The molecule has 0 fully saturated rings. The monoisotopic (exact) mass is 484 g/mol. The van der Waals surface area contributed by atoms with Crippen LogP contribution in [0.5, 0.6) is 23.0 Å². The minimum absolute atomic E-state index is 0.304. The summed E-state index contributed by atoms with van der Waals surface area (Å²) in [6.07, 6.45) is 1.46. The van der Waals surface area contributed by atoms with Crippen molar-refractivity contribution in [1.82, 2.24) is 5.43 Å². The topological polar surface area (TPSA) is 95.5 Å². The van der Waals surface area contributed by atoms with Gasteiger partial charge in [0.05, 0.1) is 33.1 Å². The Morgan fingerprint density at radius 2 is 1.44 bits per heavy atom. The van der Waals surface area contributed by atoms with Gasteiger partial charge in [-0.05, 0) is 59.3 Å². The van der Waals surface area contributed by atoms with Crippen molar-refractivity contribution in [3.8, 4) is 23.0 Å². The fourth-order valence-electron chi connectivity index (χ4n) is 3.58. The zero-order valence-electron chi connectivity index (χ0n) is 20.0. The van der Waals surface area contributed by atoms with Crippen LogP contribution in [0.3, 0.4) is 0 Å². The third kappa shape index (κ3) is 5.28. The van der Waals surface area contributed by atoms with E-state index in [1.807, 2.05) is 30.3 Å². The van der Waals surface area contributed by atoms with Gasteiger partial charge in [0.1, 0.15) is 11.5 Å². The second-order valence-electron chi connectivity index (χ2n) is 7.59. The van der Waals surface area contributed by atoms with E-state index >= 15 is 0 Å². The molecule has 36 heavy (non-hydrogen) atoms. The maximum absolute atomic E-state index is 12.8. The van der Waals surface area contributed by atoms with Crippen LogP contribution in [0.25, 0.3) is 10.8 Å². The lowest BCUT2D eigenvalue weighted by molar-refractivity contribution is 0.0734. The molecule has 0 unspecified atom stereocenters. The Balaban J connectivity index is 1.59. The van der Waals surface area contributed by atoms with E-state index in [1.54, 1.807) is 55.6 Å². The molecule has 8 heteroatoms. The van der Waals surface area contributed by atoms with Gasteiger partial charge >= 0.3 is 5.97 Å². The second-order valence-corrected chi connectivity index (χ2v) is 7.59. The number of hydrazone groups is 1. The molecule has 0 atom stereocenters. The first-order valence-electron chi connectivity index (χ1n) is 11.0. The van der Waals surface area contributed by atoms with E-state index in [4.69, 9.17) is 18.9 Å². The number of methoxy groups -OCH3 is 3. The Morgan fingerprint density at radius 1 is 0.750 bits per heavy atom. The Labute approximate surface area is 208 Å². The van der Waals surface area contributed by atoms with Crippen molar-refractivity contribution in [1.29, 1.82) is 0 Å². The van der Waals surface area contributed by atoms with Crippen molar-refractivity contribution in [2.75, 3.05) is 21.3 Å². The highest BCUT2D eigenvalue weighted by molar-refractivity contribution is 6.04. The maximum atomic E-state index is 12.8. The van der Waals surface area contributed by atoms with E-state index < -0.39 is 11.9 Å². The van der Waals surface area contributed by atoms with E-state index in [1.165, 1.54) is 20.4 Å². The van der Waals surface area contributed by atoms with E-state index in [9.17, 15) is 9.59 Å². The van der Waals surface area contributed by atoms with Crippen molar-refractivity contribution in [3.05, 3.63) is 95.6 Å². The maximum Gasteiger partial charge on any atom is 0.343 e. The molecule has 8 nitrogen and oxygen atoms in total. The predicted molar refractivity (Wildman–Crippen MR) is 137 cm³/mol. The number of nitrogens with one attached hydrogen (secondary N) is 1. The van der Waals surface area contributed by atoms with Crippen LogP contribution in [-0.2, 0) is 0 Å². The number of nitrogens with zero attached hydrogens (tertiary/aromatic N) is 1. The number of rotatable bonds is 8. The highest BCUT2D eigenvalue weighted by Gasteiger charge is 2.14. The number of amides is 1. The molecule has 0 aromatic heterocycles. The highest BCUT2D eigenvalue weighted by atomic mass is 16.5. The molecular formula is C28H24N2O6. The van der Waals surface area contributed by atoms with Gasteiger partial charge in [-0.25, -0.2) is 10.2 Å². The number of carbonyl (C=O) groups excluding carboxylic acids is 2. The molecule has 0 saturated heterocycles. The molecule has 0 aliphatic carbocycles. The van der Waals surface area contributed by atoms with Crippen molar-refractivity contribution in [2.45, 2.75) is 0 Å². The Kier molecular flexibility index (Phi) is 7.45. The molecule has 4 aromatic rings. The summed E-state index contributed by atoms with van der Waals surface area (Å²) >= 11 is 0. The number of hydrogen-bond acceptors (Lipinski definition) is 7. The molecule has 1 amide bonds. The lowest BCUT2D eigenvalue weighted by atomic mass is 10.0. The Hall–Kier alpha value is -4.85. The summed E-state index contributed by atoms with van der Waals surface area (Å²) in [4.78, 5) is 25.4. The van der Waals surface area contributed by atoms with Crippen molar-refractivity contribution >= 4 is 28.9 Å². The zero-order valence-corrected chi connectivity index (χ0v) is 20.0. The van der Waals surface area contributed by atoms with Gasteiger partial charge in [-0.15, -0.1) is 0 Å². The Bertz CT molecular complexity index is 1430. The lowest BCUT2D eigenvalue weighted by Gasteiger charge is -2.11. The summed E-state index contributed by atoms with van der Waals surface area (Å²) in [5.74, 6) is 0.905. The van der Waals surface area contributed by atoms with Gasteiger partial charge in [-0.1, -0.05) is 30.3 Å². The second kappa shape index (κ2) is 11.1. The van der Waals surface area contributed by atoms with E-state index in [0.29, 0.717) is 39.7 Å². The van der Waals surface area contributed by atoms with Gasteiger partial charge in [-0.2, -0.15) is 5.10 Å². The summed E-state index contributed by atoms with van der Waals surface area (Å²) < 4.78 is 21.3. The Morgan fingerprint density at radius 3 is 2.17 bits per heavy atom. The molecule has 4 aromatic carbocycles. The molecule has 4 rings (SSSR count). The van der Waals surface area contributed by atoms with Crippen LogP contribution in [-0.4, -0.2) is 39.4 Å². The number of ether oxygens (including phenoxy) is 4. The van der Waals surface area contributed by atoms with Gasteiger partial charge in [0.2, 0.25) is 0 Å². The highest BCUT2D eigenvalue weighted by Crippen LogP contribution is 2.29. The van der Waals surface area contributed by atoms with Crippen LogP contribution >= 0.6 is 0 Å². The summed E-state index contributed by atoms with van der Waals surface area (Å²) in [5, 5.41) is 5.86. The minimum Gasteiger partial charge on any atom is -0.497 e. The molecule has 0 spiro atoms. The molecule has 0 aliphatic rings. The van der Waals surface area contributed by atoms with Gasteiger partial charge < -0.3 is 18.9 Å². The van der Waals surface area contributed by atoms with Crippen molar-refractivity contribution < 1.29 is 28.5 Å². The lowest BCUT2D eigenvalue weighted by Crippen LogP contribution is -2.18. The molecule has 182 valence electrons. The normalized spacial score (nSPS) is 10.8. The fourth-order valence-corrected chi connectivity index (χ4v) is 3.58. The number of esters is 1. The summed E-state index contributed by atoms with van der Waals surface area (Å²) in [5.41, 5.74) is 3.76. The van der Waals surface area contributed by atoms with E-state index in [0.717, 1.165) is 10.8 Å². The molecule has 0 heterocycles. The first kappa shape index (κ1) is 24.3. The first-order valence-corrected chi connectivity index (χ1v) is 11.0. The summed E-state index contributed by atoms with van der Waals surface area (Å²) in [6, 6.07) is 22.6. The SMILES string of the molecule is COc1ccc(C(=O)Oc2ccc3ccccc3c2C=NNC(=O)c2ccc(OC)c(OC)c2)cc1. The van der Waals surface area contributed by atoms with Crippen LogP contribution in [0.4, 0.5) is 0 Å². The van der Waals surface area contributed by atoms with Crippen molar-refractivity contribution in [2.24, 2.45) is 5.10 Å². The van der Waals surface area contributed by atoms with E-state index in [2.05, 4.69) is 10.5 Å². The molecule has 0 radical (unpaired) electrons. The predicted octanol–water partition coefficient (Wildman–Crippen LogP) is 4.85. The number of hydrogen-bond donors (Lipinski definition) is 1. The molecule has 0 saturated carbocycles. The number of fused-ring (bicyclic) bond motifs is 1. The van der Waals surface area contributed by atoms with Crippen LogP contribution in [0.1, 0.15) is 26.3 Å². The molecular weight excluding hydrogens is 460 g/mol. The van der Waals surface area contributed by atoms with Crippen LogP contribution in [0, 0.1) is 0 Å². The van der Waals surface area contributed by atoms with Gasteiger partial charge in [0.25, 0.3) is 5.91 Å². The quantitative estimate of drug-likeness (QED) is 0.166. The smallest absolute Gasteiger partial charge is 0.343 e. The number of carbonyl (C=O) groups is 2. The first-order chi connectivity index (χ1) is 17.5. The van der Waals surface area contributed by atoms with Crippen LogP contribution in [0.15, 0.2) is 84.0 Å². The average Bonchev–Trinajstić information content (AvgIpc) is 2.93. The third-order valence-electron chi connectivity index (χ3n) is 5.46. The summed E-state index contributed by atoms with van der Waals surface area (Å²) in [6.45, 7) is 0. The fraction of sp³-hybridized carbons (Fsp3) is 0.107. The van der Waals surface area contributed by atoms with Crippen LogP contribution < -0.4 is 24.4 Å². The standard InChI is InChI=1S/C28H24N2O6/c1-33-21-12-8-19(9-13-21)28(32)36-24-14-10-18-6-4-5-7-22(18)23(24)17-29-30-27(31)20-11-15-25(34-2)26(16-20)35-3/h4-17H,1-3H3,(H,30,31). The third-order valence-corrected chi connectivity index (χ3v) is 5.46.